The van der Waals surface area contributed by atoms with Crippen molar-refractivity contribution < 1.29 is 31.1 Å². The van der Waals surface area contributed by atoms with Crippen LogP contribution in [0.1, 0.15) is 21.5 Å². The number of halogens is 6. The van der Waals surface area contributed by atoms with Crippen LogP contribution >= 0.6 is 0 Å². The Bertz CT molecular complexity index is 1240. The number of pyridine rings is 1. The number of imidazole rings is 1. The van der Waals surface area contributed by atoms with Gasteiger partial charge in [-0.1, -0.05) is 18.2 Å². The number of hydrogen-bond acceptors (Lipinski definition) is 2. The van der Waals surface area contributed by atoms with Gasteiger partial charge in [-0.2, -0.15) is 26.3 Å². The van der Waals surface area contributed by atoms with E-state index < -0.39 is 35.0 Å². The number of hydrogen-bond donors (Lipinski definition) is 1. The molecule has 4 aromatic rings. The minimum atomic E-state index is -5.04. The van der Waals surface area contributed by atoms with Gasteiger partial charge in [0, 0.05) is 29.2 Å². The van der Waals surface area contributed by atoms with Crippen LogP contribution in [0.25, 0.3) is 16.9 Å². The van der Waals surface area contributed by atoms with Crippen LogP contribution in [0, 0.1) is 0 Å². The minimum Gasteiger partial charge on any atom is -0.322 e. The molecule has 0 aliphatic heterocycles. The third kappa shape index (κ3) is 4.43. The zero-order chi connectivity index (χ0) is 23.1. The predicted octanol–water partition coefficient (Wildman–Crippen LogP) is 6.29. The van der Waals surface area contributed by atoms with Crippen molar-refractivity contribution in [3.05, 3.63) is 89.7 Å². The van der Waals surface area contributed by atoms with Gasteiger partial charge in [-0.15, -0.1) is 0 Å². The van der Waals surface area contributed by atoms with Gasteiger partial charge in [-0.3, -0.25) is 4.79 Å². The molecule has 0 bridgehead atoms. The van der Waals surface area contributed by atoms with Crippen molar-refractivity contribution in [1.82, 2.24) is 9.38 Å². The van der Waals surface area contributed by atoms with Crippen molar-refractivity contribution in [2.45, 2.75) is 12.4 Å². The van der Waals surface area contributed by atoms with Crippen molar-refractivity contribution in [2.75, 3.05) is 5.32 Å². The molecule has 1 amide bonds. The molecule has 0 aliphatic carbocycles. The van der Waals surface area contributed by atoms with Gasteiger partial charge in [0.15, 0.2) is 0 Å². The Morgan fingerprint density at radius 1 is 0.844 bits per heavy atom. The maximum absolute atomic E-state index is 13.0. The number of rotatable bonds is 3. The normalized spacial score (nSPS) is 12.2. The largest absolute Gasteiger partial charge is 0.416 e. The molecule has 0 radical (unpaired) electrons. The zero-order valence-corrected chi connectivity index (χ0v) is 16.0. The Balaban J connectivity index is 1.65. The van der Waals surface area contributed by atoms with Gasteiger partial charge in [0.2, 0.25) is 0 Å². The van der Waals surface area contributed by atoms with Gasteiger partial charge in [0.05, 0.1) is 16.8 Å². The molecule has 1 N–H and O–H groups in total. The first-order valence-electron chi connectivity index (χ1n) is 9.16. The van der Waals surface area contributed by atoms with Gasteiger partial charge in [-0.05, 0) is 42.5 Å². The summed E-state index contributed by atoms with van der Waals surface area (Å²) < 4.78 is 80.1. The first-order chi connectivity index (χ1) is 15.0. The average Bonchev–Trinajstić information content (AvgIpc) is 3.17. The number of nitrogens with zero attached hydrogens (tertiary/aromatic N) is 2. The van der Waals surface area contributed by atoms with E-state index in [0.717, 1.165) is 0 Å². The molecule has 32 heavy (non-hydrogen) atoms. The summed E-state index contributed by atoms with van der Waals surface area (Å²) in [4.78, 5) is 16.9. The second-order valence-electron chi connectivity index (χ2n) is 6.92. The van der Waals surface area contributed by atoms with Gasteiger partial charge < -0.3 is 9.72 Å². The Morgan fingerprint density at radius 2 is 1.53 bits per heavy atom. The van der Waals surface area contributed by atoms with Crippen LogP contribution in [-0.2, 0) is 12.4 Å². The summed E-state index contributed by atoms with van der Waals surface area (Å²) >= 11 is 0. The van der Waals surface area contributed by atoms with Gasteiger partial charge in [-0.25, -0.2) is 4.98 Å². The van der Waals surface area contributed by atoms with E-state index in [0.29, 0.717) is 29.0 Å². The molecule has 10 heteroatoms. The molecule has 0 fully saturated rings. The molecule has 4 nitrogen and oxygen atoms in total. The maximum atomic E-state index is 13.0. The van der Waals surface area contributed by atoms with E-state index in [1.807, 2.05) is 12.1 Å². The lowest BCUT2D eigenvalue weighted by atomic mass is 10.0. The molecular weight excluding hydrogens is 436 g/mol. The molecule has 2 aromatic carbocycles. The molecule has 0 atom stereocenters. The van der Waals surface area contributed by atoms with E-state index in [1.54, 1.807) is 35.0 Å². The van der Waals surface area contributed by atoms with Crippen molar-refractivity contribution in [3.8, 4) is 11.3 Å². The zero-order valence-electron chi connectivity index (χ0n) is 16.0. The molecule has 2 heterocycles. The number of alkyl halides is 6. The van der Waals surface area contributed by atoms with Gasteiger partial charge >= 0.3 is 12.4 Å². The fraction of sp³-hybridized carbons (Fsp3) is 0.0909. The number of benzene rings is 2. The van der Waals surface area contributed by atoms with Crippen LogP contribution in [0.3, 0.4) is 0 Å². The van der Waals surface area contributed by atoms with Crippen molar-refractivity contribution in [1.29, 1.82) is 0 Å². The highest BCUT2D eigenvalue weighted by atomic mass is 19.4. The second-order valence-corrected chi connectivity index (χ2v) is 6.92. The fourth-order valence-corrected chi connectivity index (χ4v) is 3.12. The van der Waals surface area contributed by atoms with E-state index in [-0.39, 0.29) is 11.8 Å². The number of carbonyl (C=O) groups is 1. The minimum absolute atomic E-state index is 0.0270. The highest BCUT2D eigenvalue weighted by Gasteiger charge is 2.37. The average molecular weight is 449 g/mol. The summed E-state index contributed by atoms with van der Waals surface area (Å²) in [6.07, 6.45) is -6.54. The van der Waals surface area contributed by atoms with Gasteiger partial charge in [0.25, 0.3) is 5.91 Å². The topological polar surface area (TPSA) is 46.4 Å². The number of amides is 1. The monoisotopic (exact) mass is 449 g/mol. The molecule has 164 valence electrons. The smallest absolute Gasteiger partial charge is 0.322 e. The summed E-state index contributed by atoms with van der Waals surface area (Å²) in [7, 11) is 0. The number of anilines is 1. The maximum Gasteiger partial charge on any atom is 0.416 e. The summed E-state index contributed by atoms with van der Waals surface area (Å²) in [5, 5.41) is 2.35. The molecule has 0 saturated carbocycles. The lowest BCUT2D eigenvalue weighted by Crippen LogP contribution is -2.17. The molecular formula is C22H13F6N3O. The van der Waals surface area contributed by atoms with Crippen LogP contribution in [0.4, 0.5) is 32.0 Å². The highest BCUT2D eigenvalue weighted by Crippen LogP contribution is 2.36. The molecule has 2 aromatic heterocycles. The standard InChI is InChI=1S/C22H13F6N3O/c23-21(24,25)15-8-14(9-16(11-15)22(26,27)28)20(32)29-17-5-3-4-13(10-17)18-12-31-7-2-1-6-19(31)30-18/h1-12H,(H,29,32). The second kappa shape index (κ2) is 7.70. The lowest BCUT2D eigenvalue weighted by molar-refractivity contribution is -0.143. The first kappa shape index (κ1) is 21.4. The molecule has 4 rings (SSSR count). The Kier molecular flexibility index (Phi) is 5.15. The summed E-state index contributed by atoms with van der Waals surface area (Å²) in [5.74, 6) is -1.10. The molecule has 0 saturated heterocycles. The summed E-state index contributed by atoms with van der Waals surface area (Å²) in [6, 6.07) is 12.5. The van der Waals surface area contributed by atoms with Crippen molar-refractivity contribution in [2.24, 2.45) is 0 Å². The quantitative estimate of drug-likeness (QED) is 0.374. The van der Waals surface area contributed by atoms with E-state index >= 15 is 0 Å². The third-order valence-electron chi connectivity index (χ3n) is 4.63. The SMILES string of the molecule is O=C(Nc1cccc(-c2cn3ccccc3n2)c1)c1cc(C(F)(F)F)cc(C(F)(F)F)c1. The summed E-state index contributed by atoms with van der Waals surface area (Å²) in [6.45, 7) is 0. The van der Waals surface area contributed by atoms with Crippen molar-refractivity contribution >= 4 is 17.2 Å². The van der Waals surface area contributed by atoms with E-state index in [9.17, 15) is 31.1 Å². The van der Waals surface area contributed by atoms with E-state index in [4.69, 9.17) is 0 Å². The highest BCUT2D eigenvalue weighted by molar-refractivity contribution is 6.04. The Labute approximate surface area is 177 Å². The Morgan fingerprint density at radius 3 is 2.16 bits per heavy atom. The van der Waals surface area contributed by atoms with E-state index in [1.165, 1.54) is 12.1 Å². The van der Waals surface area contributed by atoms with Crippen LogP contribution in [0.5, 0.6) is 0 Å². The number of nitrogens with one attached hydrogen (secondary N) is 1. The van der Waals surface area contributed by atoms with Gasteiger partial charge in [0.1, 0.15) is 5.65 Å². The molecule has 0 spiro atoms. The molecule has 0 aliphatic rings. The lowest BCUT2D eigenvalue weighted by Gasteiger charge is -2.14. The number of aromatic nitrogens is 2. The fourth-order valence-electron chi connectivity index (χ4n) is 3.12. The summed E-state index contributed by atoms with van der Waals surface area (Å²) in [5.41, 5.74) is -1.83. The third-order valence-corrected chi connectivity index (χ3v) is 4.63. The van der Waals surface area contributed by atoms with E-state index in [2.05, 4.69) is 10.3 Å². The number of fused-ring (bicyclic) bond motifs is 1. The van der Waals surface area contributed by atoms with Crippen LogP contribution in [0.15, 0.2) is 73.1 Å². The first-order valence-corrected chi connectivity index (χ1v) is 9.16. The number of carbonyl (C=O) groups excluding carboxylic acids is 1. The Hall–Kier alpha value is -3.82. The van der Waals surface area contributed by atoms with Crippen LogP contribution < -0.4 is 5.32 Å². The van der Waals surface area contributed by atoms with Crippen LogP contribution in [0.2, 0.25) is 0 Å². The molecule has 0 unspecified atom stereocenters. The van der Waals surface area contributed by atoms with Crippen molar-refractivity contribution in [3.63, 3.8) is 0 Å². The predicted molar refractivity (Wildman–Crippen MR) is 105 cm³/mol. The van der Waals surface area contributed by atoms with Crippen LogP contribution in [-0.4, -0.2) is 15.3 Å².